The van der Waals surface area contributed by atoms with Crippen LogP contribution in [-0.4, -0.2) is 81.6 Å². The van der Waals surface area contributed by atoms with Gasteiger partial charge in [0.1, 0.15) is 23.9 Å². The van der Waals surface area contributed by atoms with Gasteiger partial charge in [0.05, 0.1) is 12.5 Å². The number of hydrogen-bond acceptors (Lipinski definition) is 9. The topological polar surface area (TPSA) is 277 Å². The first kappa shape index (κ1) is 32.8. The minimum Gasteiger partial charge on any atom is -0.508 e. The van der Waals surface area contributed by atoms with Gasteiger partial charge in [0.15, 0.2) is 0 Å². The third-order valence-electron chi connectivity index (χ3n) is 5.61. The van der Waals surface area contributed by atoms with Crippen molar-refractivity contribution in [3.63, 3.8) is 0 Å². The quantitative estimate of drug-likeness (QED) is 0.0871. The van der Waals surface area contributed by atoms with E-state index in [9.17, 15) is 39.0 Å². The smallest absolute Gasteiger partial charge is 0.326 e. The number of carbonyl (C=O) groups is 6. The molecule has 216 valence electrons. The summed E-state index contributed by atoms with van der Waals surface area (Å²) < 4.78 is 0. The van der Waals surface area contributed by atoms with Crippen molar-refractivity contribution in [1.29, 1.82) is 0 Å². The SMILES string of the molecule is NCCCCC(NC(=O)C(N)CC(N)=O)C(=O)NC(Cc1ccc(O)cc1)C(=O)NC(CCC(=O)O)C(=O)O. The Morgan fingerprint density at radius 3 is 1.90 bits per heavy atom. The van der Waals surface area contributed by atoms with Crippen molar-refractivity contribution in [2.24, 2.45) is 17.2 Å². The van der Waals surface area contributed by atoms with Crippen molar-refractivity contribution < 1.29 is 44.1 Å². The third-order valence-corrected chi connectivity index (χ3v) is 5.61. The second kappa shape index (κ2) is 16.6. The maximum Gasteiger partial charge on any atom is 0.326 e. The van der Waals surface area contributed by atoms with Crippen LogP contribution in [0.25, 0.3) is 0 Å². The number of amides is 4. The zero-order valence-electron chi connectivity index (χ0n) is 21.3. The van der Waals surface area contributed by atoms with E-state index >= 15 is 0 Å². The molecule has 15 heteroatoms. The van der Waals surface area contributed by atoms with E-state index in [1.54, 1.807) is 0 Å². The van der Waals surface area contributed by atoms with Gasteiger partial charge < -0.3 is 48.5 Å². The summed E-state index contributed by atoms with van der Waals surface area (Å²) >= 11 is 0. The molecule has 0 saturated carbocycles. The highest BCUT2D eigenvalue weighted by Gasteiger charge is 2.31. The Bertz CT molecular complexity index is 1020. The molecule has 0 fully saturated rings. The first-order valence-corrected chi connectivity index (χ1v) is 12.2. The van der Waals surface area contributed by atoms with Crippen molar-refractivity contribution in [3.05, 3.63) is 29.8 Å². The zero-order chi connectivity index (χ0) is 29.5. The highest BCUT2D eigenvalue weighted by Crippen LogP contribution is 2.12. The molecule has 0 aliphatic heterocycles. The number of carboxylic acid groups (broad SMARTS) is 2. The van der Waals surface area contributed by atoms with Crippen molar-refractivity contribution in [3.8, 4) is 5.75 Å². The molecular formula is C24H36N6O9. The van der Waals surface area contributed by atoms with Gasteiger partial charge in [-0.05, 0) is 49.9 Å². The lowest BCUT2D eigenvalue weighted by molar-refractivity contribution is -0.143. The molecule has 0 bridgehead atoms. The number of phenols is 1. The maximum absolute atomic E-state index is 13.2. The summed E-state index contributed by atoms with van der Waals surface area (Å²) in [6, 6.07) is 0.314. The van der Waals surface area contributed by atoms with Crippen LogP contribution in [0, 0.1) is 0 Å². The Hall–Kier alpha value is -4.24. The maximum atomic E-state index is 13.2. The van der Waals surface area contributed by atoms with E-state index in [0.717, 1.165) is 0 Å². The molecule has 1 rings (SSSR count). The van der Waals surface area contributed by atoms with E-state index in [1.807, 2.05) is 0 Å². The average molecular weight is 553 g/mol. The molecule has 0 aromatic heterocycles. The van der Waals surface area contributed by atoms with E-state index in [0.29, 0.717) is 24.9 Å². The molecule has 0 aliphatic rings. The van der Waals surface area contributed by atoms with Crippen LogP contribution >= 0.6 is 0 Å². The minimum atomic E-state index is -1.54. The Morgan fingerprint density at radius 2 is 1.36 bits per heavy atom. The normalized spacial score (nSPS) is 13.8. The number of aliphatic carboxylic acids is 2. The molecule has 12 N–H and O–H groups in total. The molecule has 15 nitrogen and oxygen atoms in total. The lowest BCUT2D eigenvalue weighted by atomic mass is 10.0. The van der Waals surface area contributed by atoms with Crippen LogP contribution < -0.4 is 33.2 Å². The molecule has 0 saturated heterocycles. The number of phenolic OH excluding ortho intramolecular Hbond substituents is 1. The fourth-order valence-corrected chi connectivity index (χ4v) is 3.50. The van der Waals surface area contributed by atoms with Gasteiger partial charge >= 0.3 is 11.9 Å². The van der Waals surface area contributed by atoms with Crippen molar-refractivity contribution in [2.45, 2.75) is 69.1 Å². The fraction of sp³-hybridized carbons (Fsp3) is 0.500. The fourth-order valence-electron chi connectivity index (χ4n) is 3.50. The van der Waals surface area contributed by atoms with Crippen LogP contribution in [0.4, 0.5) is 0 Å². The number of hydrogen-bond donors (Lipinski definition) is 9. The molecule has 4 unspecified atom stereocenters. The number of nitrogens with two attached hydrogens (primary N) is 3. The van der Waals surface area contributed by atoms with E-state index < -0.39 is 79.0 Å². The number of aromatic hydroxyl groups is 1. The number of primary amides is 1. The van der Waals surface area contributed by atoms with Crippen molar-refractivity contribution in [2.75, 3.05) is 6.54 Å². The molecular weight excluding hydrogens is 516 g/mol. The standard InChI is InChI=1S/C24H36N6O9/c25-10-2-1-3-16(28-21(35)15(26)12-19(27)32)22(36)30-18(11-13-4-6-14(31)7-5-13)23(37)29-17(24(38)39)8-9-20(33)34/h4-7,15-18,31H,1-3,8-12,25-26H2,(H2,27,32)(H,28,35)(H,29,37)(H,30,36)(H,33,34)(H,38,39). The van der Waals surface area contributed by atoms with Crippen LogP contribution in [-0.2, 0) is 35.2 Å². The summed E-state index contributed by atoms with van der Waals surface area (Å²) in [7, 11) is 0. The second-order valence-corrected chi connectivity index (χ2v) is 8.89. The van der Waals surface area contributed by atoms with Gasteiger partial charge in [0.2, 0.25) is 23.6 Å². The lowest BCUT2D eigenvalue weighted by Crippen LogP contribution is -2.57. The number of benzene rings is 1. The Labute approximate surface area is 224 Å². The molecule has 4 atom stereocenters. The predicted octanol–water partition coefficient (Wildman–Crippen LogP) is -2.33. The number of unbranched alkanes of at least 4 members (excludes halogenated alkanes) is 1. The summed E-state index contributed by atoms with van der Waals surface area (Å²) in [6.07, 6.45) is -0.449. The lowest BCUT2D eigenvalue weighted by Gasteiger charge is -2.25. The van der Waals surface area contributed by atoms with E-state index in [1.165, 1.54) is 24.3 Å². The van der Waals surface area contributed by atoms with E-state index in [2.05, 4.69) is 16.0 Å². The van der Waals surface area contributed by atoms with Crippen LogP contribution in [0.5, 0.6) is 5.75 Å². The van der Waals surface area contributed by atoms with Gasteiger partial charge in [0.25, 0.3) is 0 Å². The van der Waals surface area contributed by atoms with Gasteiger partial charge in [-0.15, -0.1) is 0 Å². The predicted molar refractivity (Wildman–Crippen MR) is 137 cm³/mol. The van der Waals surface area contributed by atoms with Crippen molar-refractivity contribution >= 4 is 35.6 Å². The van der Waals surface area contributed by atoms with Gasteiger partial charge in [0, 0.05) is 12.8 Å². The van der Waals surface area contributed by atoms with E-state index in [-0.39, 0.29) is 18.6 Å². The third kappa shape index (κ3) is 12.7. The summed E-state index contributed by atoms with van der Waals surface area (Å²) in [5.74, 6) is -6.10. The first-order valence-electron chi connectivity index (χ1n) is 12.2. The van der Waals surface area contributed by atoms with Crippen LogP contribution in [0.3, 0.4) is 0 Å². The summed E-state index contributed by atoms with van der Waals surface area (Å²) in [5.41, 5.74) is 16.8. The van der Waals surface area contributed by atoms with Crippen LogP contribution in [0.15, 0.2) is 24.3 Å². The summed E-state index contributed by atoms with van der Waals surface area (Å²) in [4.78, 5) is 72.3. The monoisotopic (exact) mass is 552 g/mol. The Kier molecular flexibility index (Phi) is 13.9. The second-order valence-electron chi connectivity index (χ2n) is 8.89. The number of nitrogens with one attached hydrogen (secondary N) is 3. The molecule has 0 radical (unpaired) electrons. The average Bonchev–Trinajstić information content (AvgIpc) is 2.85. The highest BCUT2D eigenvalue weighted by atomic mass is 16.4. The number of carbonyl (C=O) groups excluding carboxylic acids is 4. The van der Waals surface area contributed by atoms with Crippen LogP contribution in [0.2, 0.25) is 0 Å². The van der Waals surface area contributed by atoms with Gasteiger partial charge in [-0.1, -0.05) is 12.1 Å². The largest absolute Gasteiger partial charge is 0.508 e. The van der Waals surface area contributed by atoms with Gasteiger partial charge in [-0.3, -0.25) is 24.0 Å². The van der Waals surface area contributed by atoms with E-state index in [4.69, 9.17) is 22.3 Å². The molecule has 1 aromatic carbocycles. The molecule has 1 aromatic rings. The highest BCUT2D eigenvalue weighted by molar-refractivity contribution is 5.95. The molecule has 0 aliphatic carbocycles. The molecule has 4 amide bonds. The minimum absolute atomic E-state index is 0.0432. The summed E-state index contributed by atoms with van der Waals surface area (Å²) in [5, 5.41) is 35.0. The number of carboxylic acids is 2. The molecule has 39 heavy (non-hydrogen) atoms. The Balaban J connectivity index is 3.16. The van der Waals surface area contributed by atoms with Crippen molar-refractivity contribution in [1.82, 2.24) is 16.0 Å². The Morgan fingerprint density at radius 1 is 0.795 bits per heavy atom. The van der Waals surface area contributed by atoms with Crippen LogP contribution in [0.1, 0.15) is 44.1 Å². The number of rotatable bonds is 18. The zero-order valence-corrected chi connectivity index (χ0v) is 21.3. The molecule has 0 heterocycles. The first-order chi connectivity index (χ1) is 18.3. The molecule has 0 spiro atoms. The summed E-state index contributed by atoms with van der Waals surface area (Å²) in [6.45, 7) is 0.322. The van der Waals surface area contributed by atoms with Gasteiger partial charge in [-0.2, -0.15) is 0 Å². The van der Waals surface area contributed by atoms with Gasteiger partial charge in [-0.25, -0.2) is 4.79 Å².